The highest BCUT2D eigenvalue weighted by Crippen LogP contribution is 2.20. The second-order valence-electron chi connectivity index (χ2n) is 6.77. The third-order valence-corrected chi connectivity index (χ3v) is 4.66. The molecule has 8 heteroatoms. The Morgan fingerprint density at radius 3 is 2.89 bits per heavy atom. The minimum Gasteiger partial charge on any atom is -0.404 e. The third kappa shape index (κ3) is 5.26. The van der Waals surface area contributed by atoms with Crippen LogP contribution < -0.4 is 16.4 Å². The molecule has 2 aromatic heterocycles. The van der Waals surface area contributed by atoms with Crippen LogP contribution in [-0.2, 0) is 0 Å². The van der Waals surface area contributed by atoms with Gasteiger partial charge >= 0.3 is 6.03 Å². The van der Waals surface area contributed by atoms with Gasteiger partial charge in [0.25, 0.3) is 0 Å². The number of aliphatic imine (C=N–C) groups is 1. The fourth-order valence-corrected chi connectivity index (χ4v) is 3.18. The molecule has 0 radical (unpaired) electrons. The van der Waals surface area contributed by atoms with Gasteiger partial charge < -0.3 is 16.2 Å². The van der Waals surface area contributed by atoms with E-state index in [4.69, 9.17) is 10.8 Å². The number of aromatic nitrogens is 2. The van der Waals surface area contributed by atoms with Crippen molar-refractivity contribution in [1.29, 1.82) is 0 Å². The first kappa shape index (κ1) is 19.8. The minimum atomic E-state index is -0.235. The van der Waals surface area contributed by atoms with Crippen molar-refractivity contribution in [3.05, 3.63) is 36.2 Å². The Morgan fingerprint density at radius 1 is 1.32 bits per heavy atom. The molecule has 0 bridgehead atoms. The second kappa shape index (κ2) is 9.80. The molecular weight excluding hydrogens is 356 g/mol. The summed E-state index contributed by atoms with van der Waals surface area (Å²) in [5, 5.41) is 14.6. The van der Waals surface area contributed by atoms with Gasteiger partial charge in [0.05, 0.1) is 11.0 Å². The molecule has 0 unspecified atom stereocenters. The van der Waals surface area contributed by atoms with Crippen molar-refractivity contribution in [2.45, 2.75) is 38.1 Å². The summed E-state index contributed by atoms with van der Waals surface area (Å²) in [6.07, 6.45) is 9.81. The summed E-state index contributed by atoms with van der Waals surface area (Å²) >= 11 is 0. The van der Waals surface area contributed by atoms with Gasteiger partial charge in [-0.05, 0) is 37.5 Å². The highest BCUT2D eigenvalue weighted by molar-refractivity contribution is 6.10. The molecule has 1 aliphatic carbocycles. The molecule has 2 heterocycles. The summed E-state index contributed by atoms with van der Waals surface area (Å²) in [6.45, 7) is 0.627. The van der Waals surface area contributed by atoms with Crippen LogP contribution in [0, 0.1) is 0 Å². The van der Waals surface area contributed by atoms with Gasteiger partial charge in [0.15, 0.2) is 0 Å². The van der Waals surface area contributed by atoms with Gasteiger partial charge in [0.2, 0.25) is 0 Å². The topological polar surface area (TPSA) is 126 Å². The maximum atomic E-state index is 12.2. The highest BCUT2D eigenvalue weighted by atomic mass is 16.3. The van der Waals surface area contributed by atoms with Crippen molar-refractivity contribution in [2.75, 3.05) is 18.5 Å². The Bertz CT molecular complexity index is 874. The number of pyridine rings is 2. The number of rotatable bonds is 7. The van der Waals surface area contributed by atoms with Gasteiger partial charge in [-0.3, -0.25) is 15.3 Å². The number of fused-ring (bicyclic) bond motifs is 1. The van der Waals surface area contributed by atoms with Crippen molar-refractivity contribution >= 4 is 34.7 Å². The van der Waals surface area contributed by atoms with E-state index in [1.54, 1.807) is 18.5 Å². The highest BCUT2D eigenvalue weighted by Gasteiger charge is 2.17. The zero-order valence-corrected chi connectivity index (χ0v) is 15.8. The van der Waals surface area contributed by atoms with Gasteiger partial charge in [-0.15, -0.1) is 0 Å². The molecule has 1 aliphatic rings. The zero-order chi connectivity index (χ0) is 19.8. The van der Waals surface area contributed by atoms with Crippen LogP contribution in [0.15, 0.2) is 35.6 Å². The first-order chi connectivity index (χ1) is 13.7. The lowest BCUT2D eigenvalue weighted by atomic mass is 10.1. The normalized spacial score (nSPS) is 15.4. The van der Waals surface area contributed by atoms with Gasteiger partial charge in [-0.2, -0.15) is 0 Å². The molecule has 1 fully saturated rings. The summed E-state index contributed by atoms with van der Waals surface area (Å²) < 4.78 is 0. The first-order valence-electron chi connectivity index (χ1n) is 9.57. The quantitative estimate of drug-likeness (QED) is 0.432. The maximum Gasteiger partial charge on any atom is 0.320 e. The largest absolute Gasteiger partial charge is 0.404 e. The van der Waals surface area contributed by atoms with Crippen LogP contribution in [0.4, 0.5) is 10.6 Å². The number of aliphatic hydroxyl groups is 1. The minimum absolute atomic E-state index is 0.102. The lowest BCUT2D eigenvalue weighted by Gasteiger charge is -2.12. The fourth-order valence-electron chi connectivity index (χ4n) is 3.18. The van der Waals surface area contributed by atoms with Crippen LogP contribution in [0.25, 0.3) is 16.6 Å². The molecule has 5 N–H and O–H groups in total. The molecule has 28 heavy (non-hydrogen) atoms. The Kier molecular flexibility index (Phi) is 6.91. The summed E-state index contributed by atoms with van der Waals surface area (Å²) in [6, 6.07) is 5.43. The van der Waals surface area contributed by atoms with Crippen LogP contribution >= 0.6 is 0 Å². The number of nitrogens with one attached hydrogen (secondary N) is 2. The molecule has 148 valence electrons. The first-order valence-corrected chi connectivity index (χ1v) is 9.57. The number of nitrogens with two attached hydrogens (primary N) is 1. The number of anilines is 1. The number of nitrogens with zero attached hydrogens (tertiary/aromatic N) is 3. The Labute approximate surface area is 164 Å². The van der Waals surface area contributed by atoms with Crippen molar-refractivity contribution in [2.24, 2.45) is 10.7 Å². The van der Waals surface area contributed by atoms with Crippen LogP contribution in [0.1, 0.15) is 37.7 Å². The standard InChI is InChI=1S/C20H26N6O2/c21-11-15(12-22-8-3-9-27)14-10-18-17(23-13-14)6-7-19(25-18)26-20(28)24-16-4-1-2-5-16/h6-7,10-13,16,27H,1-5,8-9,21H2,(H2,24,25,26,28). The van der Waals surface area contributed by atoms with Gasteiger partial charge in [-0.1, -0.05) is 12.8 Å². The van der Waals surface area contributed by atoms with E-state index in [1.165, 1.54) is 6.20 Å². The van der Waals surface area contributed by atoms with Gasteiger partial charge in [-0.25, -0.2) is 9.78 Å². The molecule has 0 aromatic carbocycles. The Morgan fingerprint density at radius 2 is 2.14 bits per heavy atom. The number of urea groups is 1. The lowest BCUT2D eigenvalue weighted by molar-refractivity contribution is 0.248. The molecular formula is C20H26N6O2. The maximum absolute atomic E-state index is 12.2. The summed E-state index contributed by atoms with van der Waals surface area (Å²) in [5.74, 6) is 0.469. The van der Waals surface area contributed by atoms with Crippen molar-refractivity contribution in [3.8, 4) is 0 Å². The van der Waals surface area contributed by atoms with Crippen molar-refractivity contribution < 1.29 is 9.90 Å². The molecule has 0 atom stereocenters. The molecule has 8 nitrogen and oxygen atoms in total. The van der Waals surface area contributed by atoms with E-state index in [0.29, 0.717) is 29.9 Å². The molecule has 3 rings (SSSR count). The number of hydrogen-bond donors (Lipinski definition) is 4. The van der Waals surface area contributed by atoms with Crippen LogP contribution in [-0.4, -0.2) is 46.5 Å². The molecule has 1 saturated carbocycles. The van der Waals surface area contributed by atoms with Crippen molar-refractivity contribution in [1.82, 2.24) is 15.3 Å². The monoisotopic (exact) mass is 382 g/mol. The number of allylic oxidation sites excluding steroid dienone is 1. The number of carbonyl (C=O) groups is 1. The summed E-state index contributed by atoms with van der Waals surface area (Å²) in [7, 11) is 0. The molecule has 2 amide bonds. The van der Waals surface area contributed by atoms with E-state index in [9.17, 15) is 4.79 Å². The van der Waals surface area contributed by atoms with Crippen molar-refractivity contribution in [3.63, 3.8) is 0 Å². The van der Waals surface area contributed by atoms with Crippen LogP contribution in [0.5, 0.6) is 0 Å². The Balaban J connectivity index is 1.73. The van der Waals surface area contributed by atoms with E-state index in [2.05, 4.69) is 25.6 Å². The number of amides is 2. The molecule has 0 spiro atoms. The SMILES string of the molecule is NC=C(C=NCCCO)c1cnc2ccc(NC(=O)NC3CCCC3)nc2c1. The average Bonchev–Trinajstić information content (AvgIpc) is 3.20. The zero-order valence-electron chi connectivity index (χ0n) is 15.8. The predicted octanol–water partition coefficient (Wildman–Crippen LogP) is 2.45. The van der Waals surface area contributed by atoms with E-state index >= 15 is 0 Å². The van der Waals surface area contributed by atoms with Crippen LogP contribution in [0.3, 0.4) is 0 Å². The summed E-state index contributed by atoms with van der Waals surface area (Å²) in [4.78, 5) is 25.3. The van der Waals surface area contributed by atoms with E-state index in [-0.39, 0.29) is 18.7 Å². The predicted molar refractivity (Wildman–Crippen MR) is 111 cm³/mol. The Hall–Kier alpha value is -3.00. The number of hydrogen-bond acceptors (Lipinski definition) is 6. The second-order valence-corrected chi connectivity index (χ2v) is 6.77. The smallest absolute Gasteiger partial charge is 0.320 e. The lowest BCUT2D eigenvalue weighted by Crippen LogP contribution is -2.36. The molecule has 2 aromatic rings. The summed E-state index contributed by atoms with van der Waals surface area (Å²) in [5.41, 5.74) is 8.59. The van der Waals surface area contributed by atoms with Gasteiger partial charge in [0, 0.05) is 48.9 Å². The fraction of sp³-hybridized carbons (Fsp3) is 0.400. The van der Waals surface area contributed by atoms with Crippen LogP contribution in [0.2, 0.25) is 0 Å². The third-order valence-electron chi connectivity index (χ3n) is 4.66. The number of aliphatic hydroxyl groups excluding tert-OH is 1. The molecule has 0 aliphatic heterocycles. The van der Waals surface area contributed by atoms with E-state index in [0.717, 1.165) is 36.8 Å². The van der Waals surface area contributed by atoms with E-state index < -0.39 is 0 Å². The molecule has 0 saturated heterocycles. The van der Waals surface area contributed by atoms with Gasteiger partial charge in [0.1, 0.15) is 5.82 Å². The van der Waals surface area contributed by atoms with E-state index in [1.807, 2.05) is 12.1 Å². The number of carbonyl (C=O) groups excluding carboxylic acids is 1. The average molecular weight is 382 g/mol.